The maximum absolute atomic E-state index is 9.76. The molecule has 0 amide bonds. The fourth-order valence-corrected chi connectivity index (χ4v) is 8.28. The first-order chi connectivity index (χ1) is 20.3. The zero-order chi connectivity index (χ0) is 28.6. The molecular formula is C32H32BN7O2. The van der Waals surface area contributed by atoms with Crippen molar-refractivity contribution in [3.05, 3.63) is 60.2 Å². The normalized spacial score (nSPS) is 27.5. The molecule has 2 radical (unpaired) electrons. The molecule has 10 rings (SSSR count). The van der Waals surface area contributed by atoms with E-state index >= 15 is 0 Å². The molecule has 3 saturated carbocycles. The summed E-state index contributed by atoms with van der Waals surface area (Å²) in [5.74, 6) is 2.21. The summed E-state index contributed by atoms with van der Waals surface area (Å²) in [4.78, 5) is 14.1. The van der Waals surface area contributed by atoms with Crippen molar-refractivity contribution in [3.63, 3.8) is 0 Å². The highest BCUT2D eigenvalue weighted by Crippen LogP contribution is 2.73. The van der Waals surface area contributed by atoms with Crippen LogP contribution in [0, 0.1) is 22.2 Å². The number of anilines is 1. The molecule has 42 heavy (non-hydrogen) atoms. The Morgan fingerprint density at radius 2 is 1.90 bits per heavy atom. The van der Waals surface area contributed by atoms with Crippen LogP contribution in [0.3, 0.4) is 0 Å². The molecule has 6 fully saturated rings. The van der Waals surface area contributed by atoms with Crippen LogP contribution in [0.4, 0.5) is 5.82 Å². The number of methoxy groups -OCH3 is 1. The van der Waals surface area contributed by atoms with Crippen LogP contribution in [0.25, 0.3) is 16.6 Å². The minimum Gasteiger partial charge on any atom is -0.491 e. The number of ether oxygens (including phenoxy) is 2. The Morgan fingerprint density at radius 3 is 2.57 bits per heavy atom. The standard InChI is InChI=1S/C32H32BN7O2/c1-31-16-32(17-31,18-31)19-42-25-7-26(29-22(8-34)11-37-40(29)15-25)21-3-4-28(35-10-21)38-13-23-6-24(14-38)39(23)12-20-5-27(33)30(41-2)36-9-20/h3-5,7,9-11,15,23-24H,6,12-14,16-19H2,1-2H3. The van der Waals surface area contributed by atoms with E-state index in [1.54, 1.807) is 17.8 Å². The molecule has 0 aromatic carbocycles. The molecule has 210 valence electrons. The van der Waals surface area contributed by atoms with Crippen molar-refractivity contribution in [2.24, 2.45) is 10.8 Å². The van der Waals surface area contributed by atoms with Crippen molar-refractivity contribution in [3.8, 4) is 28.8 Å². The molecule has 9 nitrogen and oxygen atoms in total. The summed E-state index contributed by atoms with van der Waals surface area (Å²) in [6.07, 6.45) is 12.2. The number of nitrogens with zero attached hydrogens (tertiary/aromatic N) is 7. The number of pyridine rings is 3. The van der Waals surface area contributed by atoms with Gasteiger partial charge >= 0.3 is 0 Å². The summed E-state index contributed by atoms with van der Waals surface area (Å²) >= 11 is 0. The van der Waals surface area contributed by atoms with Crippen LogP contribution in [-0.2, 0) is 6.54 Å². The molecule has 4 aromatic rings. The van der Waals surface area contributed by atoms with Crippen molar-refractivity contribution in [1.82, 2.24) is 24.5 Å². The number of piperazine rings is 1. The predicted octanol–water partition coefficient (Wildman–Crippen LogP) is 3.50. The van der Waals surface area contributed by atoms with Crippen molar-refractivity contribution < 1.29 is 9.47 Å². The SMILES string of the molecule is [B]c1cc(CN2C3CC2CN(c2ccc(-c4cc(OCC56CC(C)(C5)C6)cn5ncc(C#N)c45)cn2)C3)cnc1OC. The van der Waals surface area contributed by atoms with Crippen LogP contribution in [0.15, 0.2) is 49.1 Å². The Hall–Kier alpha value is -4.10. The second kappa shape index (κ2) is 9.20. The van der Waals surface area contributed by atoms with Gasteiger partial charge in [0.25, 0.3) is 0 Å². The molecule has 6 aliphatic rings. The summed E-state index contributed by atoms with van der Waals surface area (Å²) in [5.41, 5.74) is 5.74. The lowest BCUT2D eigenvalue weighted by molar-refractivity contribution is -0.206. The lowest BCUT2D eigenvalue weighted by atomic mass is 9.36. The zero-order valence-electron chi connectivity index (χ0n) is 24.0. The molecule has 4 bridgehead atoms. The summed E-state index contributed by atoms with van der Waals surface area (Å²) in [5, 5.41) is 14.2. The summed E-state index contributed by atoms with van der Waals surface area (Å²) < 4.78 is 13.3. The van der Waals surface area contributed by atoms with E-state index in [1.807, 2.05) is 30.7 Å². The molecule has 10 heteroatoms. The zero-order valence-corrected chi connectivity index (χ0v) is 24.0. The van der Waals surface area contributed by atoms with Crippen molar-refractivity contribution in [2.75, 3.05) is 31.7 Å². The number of nitriles is 1. The van der Waals surface area contributed by atoms with E-state index in [4.69, 9.17) is 22.3 Å². The van der Waals surface area contributed by atoms with Gasteiger partial charge in [0.2, 0.25) is 5.88 Å². The Labute approximate surface area is 246 Å². The average molecular weight is 557 g/mol. The molecular weight excluding hydrogens is 525 g/mol. The molecule has 3 aliphatic carbocycles. The van der Waals surface area contributed by atoms with Gasteiger partial charge in [-0.2, -0.15) is 10.4 Å². The fraction of sp³-hybridized carbons (Fsp3) is 0.438. The van der Waals surface area contributed by atoms with Crippen molar-refractivity contribution >= 4 is 24.6 Å². The number of piperidine rings is 1. The highest BCUT2D eigenvalue weighted by Gasteiger charge is 2.65. The minimum atomic E-state index is 0.346. The maximum Gasteiger partial charge on any atom is 0.205 e. The van der Waals surface area contributed by atoms with Gasteiger partial charge in [-0.3, -0.25) is 4.90 Å². The molecule has 4 aromatic heterocycles. The van der Waals surface area contributed by atoms with E-state index in [0.717, 1.165) is 60.0 Å². The van der Waals surface area contributed by atoms with Gasteiger partial charge in [-0.25, -0.2) is 14.5 Å². The van der Waals surface area contributed by atoms with Gasteiger partial charge in [0.15, 0.2) is 0 Å². The Morgan fingerprint density at radius 1 is 1.10 bits per heavy atom. The second-order valence-electron chi connectivity index (χ2n) is 13.2. The van der Waals surface area contributed by atoms with E-state index in [2.05, 4.69) is 45.0 Å². The number of hydrogen-bond acceptors (Lipinski definition) is 8. The highest BCUT2D eigenvalue weighted by atomic mass is 16.5. The second-order valence-corrected chi connectivity index (χ2v) is 13.2. The van der Waals surface area contributed by atoms with Gasteiger partial charge in [-0.1, -0.05) is 13.0 Å². The minimum absolute atomic E-state index is 0.346. The van der Waals surface area contributed by atoms with Gasteiger partial charge < -0.3 is 14.4 Å². The van der Waals surface area contributed by atoms with Crippen LogP contribution >= 0.6 is 0 Å². The van der Waals surface area contributed by atoms with Crippen molar-refractivity contribution in [2.45, 2.75) is 51.2 Å². The van der Waals surface area contributed by atoms with E-state index in [0.29, 0.717) is 39.8 Å². The maximum atomic E-state index is 9.76. The fourth-order valence-electron chi connectivity index (χ4n) is 8.28. The average Bonchev–Trinajstić information content (AvgIpc) is 3.40. The molecule has 3 aliphatic heterocycles. The van der Waals surface area contributed by atoms with E-state index < -0.39 is 0 Å². The molecule has 0 spiro atoms. The van der Waals surface area contributed by atoms with E-state index in [9.17, 15) is 5.26 Å². The molecule has 2 unspecified atom stereocenters. The van der Waals surface area contributed by atoms with Gasteiger partial charge in [0.05, 0.1) is 37.2 Å². The molecule has 0 N–H and O–H groups in total. The summed E-state index contributed by atoms with van der Waals surface area (Å²) in [6.45, 7) is 5.78. The topological polar surface area (TPSA) is 91.8 Å². The molecule has 3 saturated heterocycles. The quantitative estimate of drug-likeness (QED) is 0.304. The summed E-state index contributed by atoms with van der Waals surface area (Å²) in [6, 6.07) is 11.4. The van der Waals surface area contributed by atoms with Gasteiger partial charge in [-0.15, -0.1) is 0 Å². The van der Waals surface area contributed by atoms with E-state index in [-0.39, 0.29) is 0 Å². The smallest absolute Gasteiger partial charge is 0.205 e. The number of fused-ring (bicyclic) bond motifs is 3. The van der Waals surface area contributed by atoms with Crippen LogP contribution in [0.5, 0.6) is 11.6 Å². The molecule has 2 atom stereocenters. The number of aromatic nitrogens is 4. The van der Waals surface area contributed by atoms with Gasteiger partial charge in [0, 0.05) is 60.7 Å². The van der Waals surface area contributed by atoms with Crippen LogP contribution < -0.4 is 19.8 Å². The third-order valence-corrected chi connectivity index (χ3v) is 9.88. The Bertz CT molecular complexity index is 1710. The Kier molecular flexibility index (Phi) is 5.61. The lowest BCUT2D eigenvalue weighted by Crippen LogP contribution is -2.68. The molecule has 7 heterocycles. The third kappa shape index (κ3) is 4.05. The number of hydrogen-bond donors (Lipinski definition) is 0. The first kappa shape index (κ1) is 25.6. The monoisotopic (exact) mass is 557 g/mol. The highest BCUT2D eigenvalue weighted by molar-refractivity contribution is 6.34. The van der Waals surface area contributed by atoms with Crippen LogP contribution in [-0.4, -0.2) is 71.2 Å². The summed E-state index contributed by atoms with van der Waals surface area (Å²) in [7, 11) is 7.66. The Balaban J connectivity index is 0.987. The van der Waals surface area contributed by atoms with Crippen LogP contribution in [0.2, 0.25) is 0 Å². The van der Waals surface area contributed by atoms with Crippen LogP contribution in [0.1, 0.15) is 43.7 Å². The van der Waals surface area contributed by atoms with Gasteiger partial charge in [-0.05, 0) is 60.3 Å². The predicted molar refractivity (Wildman–Crippen MR) is 159 cm³/mol. The largest absolute Gasteiger partial charge is 0.491 e. The third-order valence-electron chi connectivity index (χ3n) is 9.88. The van der Waals surface area contributed by atoms with Crippen molar-refractivity contribution in [1.29, 1.82) is 5.26 Å². The van der Waals surface area contributed by atoms with E-state index in [1.165, 1.54) is 25.7 Å². The van der Waals surface area contributed by atoms with Gasteiger partial charge in [0.1, 0.15) is 25.5 Å². The number of rotatable bonds is 8. The first-order valence-corrected chi connectivity index (χ1v) is 14.6. The lowest BCUT2D eigenvalue weighted by Gasteiger charge is -2.69. The first-order valence-electron chi connectivity index (χ1n) is 14.6.